The molecule has 0 atom stereocenters. The average molecular weight is 434 g/mol. The first kappa shape index (κ1) is 22.7. The lowest BCUT2D eigenvalue weighted by atomic mass is 10.2. The van der Waals surface area contributed by atoms with Gasteiger partial charge in [-0.15, -0.1) is 0 Å². The molecule has 166 valence electrons. The van der Waals surface area contributed by atoms with Crippen LogP contribution in [0, 0.1) is 6.92 Å². The maximum Gasteiger partial charge on any atom is 0.271 e. The number of hydrogen-bond donors (Lipinski definition) is 1. The van der Waals surface area contributed by atoms with Gasteiger partial charge in [-0.05, 0) is 48.9 Å². The molecule has 0 saturated heterocycles. The Morgan fingerprint density at radius 3 is 2.09 bits per heavy atom. The predicted molar refractivity (Wildman–Crippen MR) is 123 cm³/mol. The van der Waals surface area contributed by atoms with E-state index in [1.54, 1.807) is 36.4 Å². The highest BCUT2D eigenvalue weighted by atomic mass is 16.5. The third kappa shape index (κ3) is 5.78. The number of amides is 1. The van der Waals surface area contributed by atoms with Gasteiger partial charge in [-0.1, -0.05) is 29.8 Å². The summed E-state index contributed by atoms with van der Waals surface area (Å²) in [5.41, 5.74) is 5.95. The van der Waals surface area contributed by atoms with Crippen LogP contribution in [0.4, 0.5) is 0 Å². The molecule has 0 aliphatic rings. The van der Waals surface area contributed by atoms with E-state index in [-0.39, 0.29) is 5.91 Å². The largest absolute Gasteiger partial charge is 0.493 e. The summed E-state index contributed by atoms with van der Waals surface area (Å²) in [5.74, 6) is 1.84. The molecule has 0 unspecified atom stereocenters. The van der Waals surface area contributed by atoms with Crippen LogP contribution in [0.15, 0.2) is 65.8 Å². The van der Waals surface area contributed by atoms with Crippen LogP contribution in [0.5, 0.6) is 23.0 Å². The van der Waals surface area contributed by atoms with E-state index in [1.165, 1.54) is 33.1 Å². The summed E-state index contributed by atoms with van der Waals surface area (Å²) in [4.78, 5) is 12.4. The third-order valence-electron chi connectivity index (χ3n) is 4.71. The van der Waals surface area contributed by atoms with Crippen LogP contribution in [0.1, 0.15) is 27.0 Å². The number of nitrogens with one attached hydrogen (secondary N) is 1. The van der Waals surface area contributed by atoms with E-state index in [0.717, 1.165) is 5.56 Å². The molecule has 7 heteroatoms. The van der Waals surface area contributed by atoms with Gasteiger partial charge in [0.2, 0.25) is 5.75 Å². The number of methoxy groups -OCH3 is 3. The van der Waals surface area contributed by atoms with E-state index in [4.69, 9.17) is 18.9 Å². The Balaban J connectivity index is 1.59. The number of carbonyl (C=O) groups excluding carboxylic acids is 1. The summed E-state index contributed by atoms with van der Waals surface area (Å²) in [6.07, 6.45) is 1.50. The van der Waals surface area contributed by atoms with Crippen molar-refractivity contribution >= 4 is 12.1 Å². The SMILES string of the molecule is COc1cc(/C=N\NC(=O)c2ccc(OCc3ccc(C)cc3)cc2)cc(OC)c1OC. The molecule has 0 radical (unpaired) electrons. The molecule has 3 aromatic carbocycles. The van der Waals surface area contributed by atoms with Gasteiger partial charge in [0.1, 0.15) is 12.4 Å². The number of benzene rings is 3. The monoisotopic (exact) mass is 434 g/mol. The van der Waals surface area contributed by atoms with Crippen molar-refractivity contribution in [2.24, 2.45) is 5.10 Å². The maximum atomic E-state index is 12.4. The molecule has 3 rings (SSSR count). The van der Waals surface area contributed by atoms with Crippen molar-refractivity contribution in [1.29, 1.82) is 0 Å². The molecule has 1 N–H and O–H groups in total. The minimum absolute atomic E-state index is 0.334. The molecule has 3 aromatic rings. The molecule has 0 saturated carbocycles. The zero-order chi connectivity index (χ0) is 22.9. The number of aryl methyl sites for hydroxylation is 1. The first-order valence-electron chi connectivity index (χ1n) is 9.96. The fraction of sp³-hybridized carbons (Fsp3) is 0.200. The molecule has 0 bridgehead atoms. The normalized spacial score (nSPS) is 10.6. The number of ether oxygens (including phenoxy) is 4. The van der Waals surface area contributed by atoms with E-state index < -0.39 is 0 Å². The highest BCUT2D eigenvalue weighted by Gasteiger charge is 2.12. The van der Waals surface area contributed by atoms with Gasteiger partial charge in [0.25, 0.3) is 5.91 Å². The van der Waals surface area contributed by atoms with Gasteiger partial charge in [-0.2, -0.15) is 5.10 Å². The summed E-state index contributed by atoms with van der Waals surface area (Å²) in [5, 5.41) is 4.02. The lowest BCUT2D eigenvalue weighted by Crippen LogP contribution is -2.17. The summed E-state index contributed by atoms with van der Waals surface area (Å²) < 4.78 is 21.7. The molecule has 0 fully saturated rings. The molecule has 7 nitrogen and oxygen atoms in total. The molecular formula is C25H26N2O5. The molecule has 1 amide bonds. The van der Waals surface area contributed by atoms with Crippen LogP contribution in [-0.2, 0) is 6.61 Å². The second-order valence-corrected chi connectivity index (χ2v) is 6.96. The second kappa shape index (κ2) is 10.9. The molecule has 0 aliphatic carbocycles. The lowest BCUT2D eigenvalue weighted by Gasteiger charge is -2.12. The van der Waals surface area contributed by atoms with E-state index in [0.29, 0.717) is 40.7 Å². The lowest BCUT2D eigenvalue weighted by molar-refractivity contribution is 0.0955. The van der Waals surface area contributed by atoms with E-state index in [9.17, 15) is 4.79 Å². The Kier molecular flexibility index (Phi) is 7.70. The van der Waals surface area contributed by atoms with Crippen LogP contribution in [-0.4, -0.2) is 33.5 Å². The van der Waals surface area contributed by atoms with Gasteiger partial charge in [0, 0.05) is 11.1 Å². The number of hydrazone groups is 1. The highest BCUT2D eigenvalue weighted by Crippen LogP contribution is 2.37. The van der Waals surface area contributed by atoms with Crippen LogP contribution in [0.25, 0.3) is 0 Å². The van der Waals surface area contributed by atoms with E-state index in [2.05, 4.69) is 10.5 Å². The first-order chi connectivity index (χ1) is 15.5. The zero-order valence-electron chi connectivity index (χ0n) is 18.5. The fourth-order valence-electron chi connectivity index (χ4n) is 2.96. The van der Waals surface area contributed by atoms with Crippen molar-refractivity contribution < 1.29 is 23.7 Å². The maximum absolute atomic E-state index is 12.4. The van der Waals surface area contributed by atoms with Crippen LogP contribution in [0.3, 0.4) is 0 Å². The van der Waals surface area contributed by atoms with Crippen molar-refractivity contribution in [3.05, 3.63) is 82.9 Å². The summed E-state index contributed by atoms with van der Waals surface area (Å²) in [6, 6.07) is 18.5. The van der Waals surface area contributed by atoms with Crippen molar-refractivity contribution in [2.45, 2.75) is 13.5 Å². The van der Waals surface area contributed by atoms with Crippen LogP contribution < -0.4 is 24.4 Å². The first-order valence-corrected chi connectivity index (χ1v) is 9.96. The van der Waals surface area contributed by atoms with Gasteiger partial charge in [0.05, 0.1) is 27.5 Å². The second-order valence-electron chi connectivity index (χ2n) is 6.96. The minimum Gasteiger partial charge on any atom is -0.493 e. The van der Waals surface area contributed by atoms with Crippen LogP contribution >= 0.6 is 0 Å². The summed E-state index contributed by atoms with van der Waals surface area (Å²) in [6.45, 7) is 2.51. The van der Waals surface area contributed by atoms with Crippen molar-refractivity contribution in [3.63, 3.8) is 0 Å². The highest BCUT2D eigenvalue weighted by molar-refractivity contribution is 5.95. The number of rotatable bonds is 9. The van der Waals surface area contributed by atoms with Gasteiger partial charge < -0.3 is 18.9 Å². The Bertz CT molecular complexity index is 1050. The molecule has 0 heterocycles. The molecule has 0 aliphatic heterocycles. The Morgan fingerprint density at radius 1 is 0.906 bits per heavy atom. The number of nitrogens with zero attached hydrogens (tertiary/aromatic N) is 1. The number of hydrogen-bond acceptors (Lipinski definition) is 6. The van der Waals surface area contributed by atoms with Crippen LogP contribution in [0.2, 0.25) is 0 Å². The number of carbonyl (C=O) groups is 1. The topological polar surface area (TPSA) is 78.4 Å². The summed E-state index contributed by atoms with van der Waals surface area (Å²) in [7, 11) is 4.61. The predicted octanol–water partition coefficient (Wildman–Crippen LogP) is 4.36. The van der Waals surface area contributed by atoms with Gasteiger partial charge >= 0.3 is 0 Å². The Hall–Kier alpha value is -4.00. The van der Waals surface area contributed by atoms with Crippen molar-refractivity contribution in [1.82, 2.24) is 5.43 Å². The third-order valence-corrected chi connectivity index (χ3v) is 4.71. The quantitative estimate of drug-likeness (QED) is 0.400. The van der Waals surface area contributed by atoms with Gasteiger partial charge in [0.15, 0.2) is 11.5 Å². The minimum atomic E-state index is -0.334. The Labute approximate surface area is 187 Å². The smallest absolute Gasteiger partial charge is 0.271 e. The Morgan fingerprint density at radius 2 is 1.53 bits per heavy atom. The molecule has 0 aromatic heterocycles. The van der Waals surface area contributed by atoms with Gasteiger partial charge in [-0.25, -0.2) is 5.43 Å². The zero-order valence-corrected chi connectivity index (χ0v) is 18.5. The average Bonchev–Trinajstić information content (AvgIpc) is 2.83. The fourth-order valence-corrected chi connectivity index (χ4v) is 2.96. The molecule has 32 heavy (non-hydrogen) atoms. The molecular weight excluding hydrogens is 408 g/mol. The van der Waals surface area contributed by atoms with E-state index >= 15 is 0 Å². The standard InChI is InChI=1S/C25H26N2O5/c1-17-5-7-18(8-6-17)16-32-21-11-9-20(10-12-21)25(28)27-26-15-19-13-22(29-2)24(31-4)23(14-19)30-3/h5-15H,16H2,1-4H3,(H,27,28)/b26-15-. The van der Waals surface area contributed by atoms with Crippen molar-refractivity contribution in [3.8, 4) is 23.0 Å². The summed E-state index contributed by atoms with van der Waals surface area (Å²) >= 11 is 0. The molecule has 0 spiro atoms. The van der Waals surface area contributed by atoms with Crippen molar-refractivity contribution in [2.75, 3.05) is 21.3 Å². The van der Waals surface area contributed by atoms with Gasteiger partial charge in [-0.3, -0.25) is 4.79 Å². The van der Waals surface area contributed by atoms with E-state index in [1.807, 2.05) is 31.2 Å².